The summed E-state index contributed by atoms with van der Waals surface area (Å²) in [5.41, 5.74) is 1.53. The molecule has 1 saturated heterocycles. The van der Waals surface area contributed by atoms with Gasteiger partial charge >= 0.3 is 0 Å². The minimum absolute atomic E-state index is 0.889. The third-order valence-corrected chi connectivity index (χ3v) is 6.59. The molecule has 124 valence electrons. The van der Waals surface area contributed by atoms with E-state index in [1.807, 2.05) is 11.3 Å². The van der Waals surface area contributed by atoms with Crippen LogP contribution in [-0.4, -0.2) is 37.2 Å². The number of rotatable bonds is 3. The zero-order chi connectivity index (χ0) is 16.0. The van der Waals surface area contributed by atoms with E-state index in [1.54, 1.807) is 9.78 Å². The zero-order valence-electron chi connectivity index (χ0n) is 14.5. The van der Waals surface area contributed by atoms with Crippen LogP contribution in [0.15, 0.2) is 0 Å². The highest BCUT2D eigenvalue weighted by molar-refractivity contribution is 7.19. The molecule has 0 atom stereocenters. The molecule has 0 amide bonds. The average Bonchev–Trinajstić information content (AvgIpc) is 3.09. The molecule has 4 nitrogen and oxygen atoms in total. The largest absolute Gasteiger partial charge is 0.362 e. The van der Waals surface area contributed by atoms with Crippen molar-refractivity contribution in [3.63, 3.8) is 0 Å². The fourth-order valence-corrected chi connectivity index (χ4v) is 5.27. The first-order valence-electron chi connectivity index (χ1n) is 8.94. The number of fused-ring (bicyclic) bond motifs is 3. The van der Waals surface area contributed by atoms with Gasteiger partial charge in [-0.25, -0.2) is 9.97 Å². The molecule has 2 aromatic heterocycles. The molecule has 2 aliphatic rings. The van der Waals surface area contributed by atoms with Gasteiger partial charge in [0.15, 0.2) is 5.82 Å². The maximum Gasteiger partial charge on any atom is 0.187 e. The first-order valence-corrected chi connectivity index (χ1v) is 9.75. The second-order valence-electron chi connectivity index (χ2n) is 7.50. The van der Waals surface area contributed by atoms with Gasteiger partial charge in [0.05, 0.1) is 18.5 Å². The van der Waals surface area contributed by atoms with Gasteiger partial charge in [0.1, 0.15) is 17.2 Å². The van der Waals surface area contributed by atoms with Gasteiger partial charge in [-0.2, -0.15) is 0 Å². The van der Waals surface area contributed by atoms with Crippen molar-refractivity contribution in [2.24, 2.45) is 5.92 Å². The monoisotopic (exact) mass is 331 g/mol. The van der Waals surface area contributed by atoms with Crippen LogP contribution in [0.3, 0.4) is 0 Å². The molecule has 3 heterocycles. The first kappa shape index (κ1) is 15.3. The summed E-state index contributed by atoms with van der Waals surface area (Å²) >= 11 is 1.91. The molecule has 0 radical (unpaired) electrons. The second kappa shape index (κ2) is 6.02. The van der Waals surface area contributed by atoms with Crippen molar-refractivity contribution in [1.82, 2.24) is 9.97 Å². The molecule has 23 heavy (non-hydrogen) atoms. The van der Waals surface area contributed by atoms with Gasteiger partial charge < -0.3 is 9.80 Å². The van der Waals surface area contributed by atoms with Crippen LogP contribution in [0, 0.1) is 5.92 Å². The lowest BCUT2D eigenvalue weighted by atomic mass is 9.99. The van der Waals surface area contributed by atoms with Gasteiger partial charge in [0, 0.05) is 19.0 Å². The smallest absolute Gasteiger partial charge is 0.187 e. The van der Waals surface area contributed by atoms with E-state index < -0.39 is 0 Å². The quantitative estimate of drug-likeness (QED) is 0.935. The van der Waals surface area contributed by atoms with Crippen molar-refractivity contribution in [3.05, 3.63) is 16.3 Å². The van der Waals surface area contributed by atoms with Gasteiger partial charge in [-0.1, -0.05) is 6.92 Å². The van der Waals surface area contributed by atoms with Gasteiger partial charge in [0.2, 0.25) is 0 Å². The highest BCUT2D eigenvalue weighted by Gasteiger charge is 2.25. The normalized spacial score (nSPS) is 24.1. The molecule has 1 aliphatic heterocycles. The Labute approximate surface area is 142 Å². The Hall–Kier alpha value is -1.20. The minimum atomic E-state index is 0.889. The molecule has 1 aliphatic carbocycles. The first-order chi connectivity index (χ1) is 11.1. The lowest BCUT2D eigenvalue weighted by molar-refractivity contribution is -0.920. The molecule has 0 unspecified atom stereocenters. The van der Waals surface area contributed by atoms with Crippen LogP contribution in [0.25, 0.3) is 10.2 Å². The van der Waals surface area contributed by atoms with E-state index in [9.17, 15) is 0 Å². The Bertz CT molecular complexity index is 713. The molecule has 4 rings (SSSR count). The fourth-order valence-electron chi connectivity index (χ4n) is 3.99. The summed E-state index contributed by atoms with van der Waals surface area (Å²) in [6.45, 7) is 5.88. The van der Waals surface area contributed by atoms with Gasteiger partial charge in [-0.05, 0) is 43.6 Å². The summed E-state index contributed by atoms with van der Waals surface area (Å²) in [7, 11) is 4.22. The van der Waals surface area contributed by atoms with Crippen molar-refractivity contribution >= 4 is 27.4 Å². The van der Waals surface area contributed by atoms with E-state index in [0.717, 1.165) is 24.1 Å². The molecule has 2 aromatic rings. The lowest BCUT2D eigenvalue weighted by Gasteiger charge is -2.27. The molecule has 5 heteroatoms. The molecule has 0 bridgehead atoms. The predicted octanol–water partition coefficient (Wildman–Crippen LogP) is 2.06. The third-order valence-electron chi connectivity index (χ3n) is 5.40. The van der Waals surface area contributed by atoms with Crippen LogP contribution in [0.1, 0.15) is 42.5 Å². The van der Waals surface area contributed by atoms with Crippen LogP contribution in [0.2, 0.25) is 0 Å². The van der Waals surface area contributed by atoms with Crippen molar-refractivity contribution in [2.75, 3.05) is 32.1 Å². The topological polar surface area (TPSA) is 33.5 Å². The Balaban J connectivity index is 1.68. The van der Waals surface area contributed by atoms with Crippen LogP contribution in [-0.2, 0) is 19.4 Å². The number of anilines is 1. The number of nitrogens with one attached hydrogen (secondary N) is 1. The highest BCUT2D eigenvalue weighted by atomic mass is 32.1. The number of hydrogen-bond donors (Lipinski definition) is 1. The van der Waals surface area contributed by atoms with Crippen LogP contribution >= 0.6 is 11.3 Å². The maximum absolute atomic E-state index is 4.96. The van der Waals surface area contributed by atoms with Crippen molar-refractivity contribution in [1.29, 1.82) is 0 Å². The molecular formula is C18H27N4S+. The molecule has 0 aromatic carbocycles. The third kappa shape index (κ3) is 2.85. The highest BCUT2D eigenvalue weighted by Crippen LogP contribution is 2.40. The number of aryl methyl sites for hydroxylation is 2. The molecule has 1 N–H and O–H groups in total. The Morgan fingerprint density at radius 3 is 2.70 bits per heavy atom. The van der Waals surface area contributed by atoms with E-state index in [1.165, 1.54) is 61.0 Å². The van der Waals surface area contributed by atoms with Gasteiger partial charge in [0.25, 0.3) is 0 Å². The Morgan fingerprint density at radius 1 is 1.17 bits per heavy atom. The van der Waals surface area contributed by atoms with E-state index in [0.29, 0.717) is 0 Å². The van der Waals surface area contributed by atoms with Crippen LogP contribution < -0.4 is 9.80 Å². The molecular weight excluding hydrogens is 304 g/mol. The number of nitrogens with zero attached hydrogens (tertiary/aromatic N) is 3. The fraction of sp³-hybridized carbons (Fsp3) is 0.667. The van der Waals surface area contributed by atoms with Crippen molar-refractivity contribution in [2.45, 2.75) is 45.6 Å². The molecule has 1 fully saturated rings. The summed E-state index contributed by atoms with van der Waals surface area (Å²) < 4.78 is 0. The van der Waals surface area contributed by atoms with Gasteiger partial charge in [-0.15, -0.1) is 11.3 Å². The molecule has 0 saturated carbocycles. The number of hydrogen-bond acceptors (Lipinski definition) is 4. The average molecular weight is 332 g/mol. The number of thiophene rings is 1. The number of aromatic nitrogens is 2. The Morgan fingerprint density at radius 2 is 1.96 bits per heavy atom. The number of quaternary nitrogens is 1. The molecule has 0 spiro atoms. The lowest BCUT2D eigenvalue weighted by Crippen LogP contribution is -3.11. The van der Waals surface area contributed by atoms with Crippen molar-refractivity contribution in [3.8, 4) is 0 Å². The predicted molar refractivity (Wildman–Crippen MR) is 96.6 cm³/mol. The summed E-state index contributed by atoms with van der Waals surface area (Å²) in [6.07, 6.45) is 6.40. The van der Waals surface area contributed by atoms with Crippen LogP contribution in [0.4, 0.5) is 5.82 Å². The maximum atomic E-state index is 4.96. The number of likely N-dealkylation sites (tertiary alicyclic amines) is 1. The van der Waals surface area contributed by atoms with E-state index in [4.69, 9.17) is 9.97 Å². The summed E-state index contributed by atoms with van der Waals surface area (Å²) in [6, 6.07) is 0. The zero-order valence-corrected chi connectivity index (χ0v) is 15.3. The standard InChI is InChI=1S/C18H26N4S/c1-12-7-9-22(10-8-12)11-15-19-17(21(2)3)16-13-5-4-6-14(13)23-18(16)20-15/h12H,4-11H2,1-3H3/p+1. The van der Waals surface area contributed by atoms with Crippen LogP contribution in [0.5, 0.6) is 0 Å². The second-order valence-corrected chi connectivity index (χ2v) is 8.59. The van der Waals surface area contributed by atoms with E-state index in [-0.39, 0.29) is 0 Å². The van der Waals surface area contributed by atoms with E-state index in [2.05, 4.69) is 25.9 Å². The Kier molecular flexibility index (Phi) is 4.01. The summed E-state index contributed by atoms with van der Waals surface area (Å²) in [5, 5.41) is 1.33. The van der Waals surface area contributed by atoms with E-state index >= 15 is 0 Å². The minimum Gasteiger partial charge on any atom is -0.362 e. The SMILES string of the molecule is CC1CC[NH+](Cc2nc(N(C)C)c3c4c(sc3n2)CCC4)CC1. The summed E-state index contributed by atoms with van der Waals surface area (Å²) in [4.78, 5) is 16.5. The van der Waals surface area contributed by atoms with Crippen molar-refractivity contribution < 1.29 is 4.90 Å². The number of piperidine rings is 1. The van der Waals surface area contributed by atoms with Gasteiger partial charge in [-0.3, -0.25) is 0 Å². The summed E-state index contributed by atoms with van der Waals surface area (Å²) in [5.74, 6) is 3.06.